The number of rotatable bonds is 3. The van der Waals surface area contributed by atoms with Crippen molar-refractivity contribution >= 4 is 11.6 Å². The van der Waals surface area contributed by atoms with Gasteiger partial charge in [-0.3, -0.25) is 4.79 Å². The highest BCUT2D eigenvalue weighted by Gasteiger charge is 2.43. The Morgan fingerprint density at radius 2 is 2.19 bits per heavy atom. The molecule has 3 aromatic heterocycles. The van der Waals surface area contributed by atoms with Crippen LogP contribution in [0.2, 0.25) is 0 Å². The normalized spacial score (nSPS) is 21.4. The Kier molecular flexibility index (Phi) is 3.31. The number of aryl methyl sites for hydroxylation is 3. The highest BCUT2D eigenvalue weighted by Crippen LogP contribution is 2.43. The average Bonchev–Trinajstić information content (AvgIpc) is 3.29. The first-order chi connectivity index (χ1) is 12.6. The van der Waals surface area contributed by atoms with Crippen molar-refractivity contribution < 1.29 is 4.79 Å². The quantitative estimate of drug-likeness (QED) is 0.698. The molecule has 0 saturated carbocycles. The zero-order chi connectivity index (χ0) is 17.8. The molecule has 0 unspecified atom stereocenters. The van der Waals surface area contributed by atoms with E-state index in [4.69, 9.17) is 0 Å². The van der Waals surface area contributed by atoms with Crippen LogP contribution in [0.4, 0.5) is 0 Å². The zero-order valence-electron chi connectivity index (χ0n) is 14.8. The Balaban J connectivity index is 1.43. The van der Waals surface area contributed by atoms with E-state index in [-0.39, 0.29) is 18.0 Å². The van der Waals surface area contributed by atoms with E-state index in [2.05, 4.69) is 30.5 Å². The van der Waals surface area contributed by atoms with E-state index < -0.39 is 0 Å². The van der Waals surface area contributed by atoms with Gasteiger partial charge < -0.3 is 4.90 Å². The Hall–Kier alpha value is -2.84. The maximum atomic E-state index is 12.9. The van der Waals surface area contributed by atoms with Crippen LogP contribution in [0.3, 0.4) is 0 Å². The second-order valence-corrected chi connectivity index (χ2v) is 7.17. The summed E-state index contributed by atoms with van der Waals surface area (Å²) in [5, 5.41) is 16.0. The van der Waals surface area contributed by atoms with Gasteiger partial charge >= 0.3 is 0 Å². The number of hydrogen-bond acceptors (Lipinski definition) is 6. The standard InChI is InChI=1S/C17H20N8O/c1-10-7-16-18-9-13-14-4-3-12(8-15(13)25(16)20-10)24(14)17(26)5-6-23-11(2)19-21-22-23/h7,9,12,14H,3-6,8H2,1-2H3/t12-,14-/m1/s1. The fraction of sp³-hybridized carbons (Fsp3) is 0.529. The molecule has 9 nitrogen and oxygen atoms in total. The zero-order valence-corrected chi connectivity index (χ0v) is 14.8. The van der Waals surface area contributed by atoms with Crippen molar-refractivity contribution in [3.05, 3.63) is 35.0 Å². The van der Waals surface area contributed by atoms with Gasteiger partial charge in [-0.2, -0.15) is 5.10 Å². The molecule has 2 aliphatic rings. The van der Waals surface area contributed by atoms with Gasteiger partial charge in [0.15, 0.2) is 5.65 Å². The minimum atomic E-state index is 0.104. The molecule has 0 aliphatic carbocycles. The van der Waals surface area contributed by atoms with Crippen LogP contribution >= 0.6 is 0 Å². The van der Waals surface area contributed by atoms with E-state index in [1.807, 2.05) is 30.6 Å². The number of amides is 1. The summed E-state index contributed by atoms with van der Waals surface area (Å²) >= 11 is 0. The molecule has 0 spiro atoms. The molecule has 2 aliphatic heterocycles. The van der Waals surface area contributed by atoms with Crippen LogP contribution in [-0.4, -0.2) is 51.7 Å². The maximum absolute atomic E-state index is 12.9. The molecule has 5 heterocycles. The predicted molar refractivity (Wildman–Crippen MR) is 91.2 cm³/mol. The van der Waals surface area contributed by atoms with Crippen molar-refractivity contribution in [1.82, 2.24) is 39.7 Å². The van der Waals surface area contributed by atoms with Crippen molar-refractivity contribution in [2.45, 2.75) is 58.2 Å². The van der Waals surface area contributed by atoms with Crippen molar-refractivity contribution in [3.8, 4) is 0 Å². The van der Waals surface area contributed by atoms with Gasteiger partial charge in [0.1, 0.15) is 5.82 Å². The van der Waals surface area contributed by atoms with Crippen LogP contribution in [0.25, 0.3) is 5.65 Å². The Morgan fingerprint density at radius 1 is 1.31 bits per heavy atom. The van der Waals surface area contributed by atoms with Crippen molar-refractivity contribution in [3.63, 3.8) is 0 Å². The van der Waals surface area contributed by atoms with Crippen LogP contribution in [0.1, 0.15) is 48.1 Å². The fourth-order valence-electron chi connectivity index (χ4n) is 4.37. The number of fused-ring (bicyclic) bond motifs is 6. The summed E-state index contributed by atoms with van der Waals surface area (Å²) < 4.78 is 3.64. The Labute approximate surface area is 150 Å². The molecule has 0 N–H and O–H groups in total. The van der Waals surface area contributed by atoms with Crippen LogP contribution < -0.4 is 0 Å². The first-order valence-corrected chi connectivity index (χ1v) is 9.00. The molecule has 2 bridgehead atoms. The molecular formula is C17H20N8O. The van der Waals surface area contributed by atoms with Gasteiger partial charge in [-0.05, 0) is 37.1 Å². The van der Waals surface area contributed by atoms with Crippen LogP contribution in [0.15, 0.2) is 12.3 Å². The number of aromatic nitrogens is 7. The number of hydrogen-bond donors (Lipinski definition) is 0. The largest absolute Gasteiger partial charge is 0.332 e. The molecule has 1 saturated heterocycles. The topological polar surface area (TPSA) is 94.1 Å². The van der Waals surface area contributed by atoms with E-state index in [0.29, 0.717) is 13.0 Å². The Bertz CT molecular complexity index is 1010. The minimum absolute atomic E-state index is 0.104. The SMILES string of the molecule is Cc1cc2ncc3c(n2n1)C[C@H]1CC[C@H]3N1C(=O)CCn1nnnc1C. The van der Waals surface area contributed by atoms with Gasteiger partial charge in [-0.15, -0.1) is 5.10 Å². The lowest BCUT2D eigenvalue weighted by Gasteiger charge is -2.36. The molecule has 9 heteroatoms. The molecular weight excluding hydrogens is 332 g/mol. The molecule has 2 atom stereocenters. The Morgan fingerprint density at radius 3 is 3.00 bits per heavy atom. The lowest BCUT2D eigenvalue weighted by Crippen LogP contribution is -2.43. The lowest BCUT2D eigenvalue weighted by molar-refractivity contribution is -0.135. The highest BCUT2D eigenvalue weighted by molar-refractivity contribution is 5.78. The van der Waals surface area contributed by atoms with Crippen molar-refractivity contribution in [2.24, 2.45) is 0 Å². The molecule has 0 aromatic carbocycles. The third-order valence-corrected chi connectivity index (χ3v) is 5.56. The van der Waals surface area contributed by atoms with Gasteiger partial charge in [0, 0.05) is 36.7 Å². The summed E-state index contributed by atoms with van der Waals surface area (Å²) in [5.41, 5.74) is 4.19. The number of tetrazole rings is 1. The second-order valence-electron chi connectivity index (χ2n) is 7.17. The number of nitrogens with zero attached hydrogens (tertiary/aromatic N) is 8. The second kappa shape index (κ2) is 5.58. The number of carbonyl (C=O) groups is 1. The molecule has 134 valence electrons. The third kappa shape index (κ3) is 2.23. The van der Waals surface area contributed by atoms with E-state index >= 15 is 0 Å². The van der Waals surface area contributed by atoms with Gasteiger partial charge in [-0.25, -0.2) is 14.2 Å². The monoisotopic (exact) mass is 352 g/mol. The fourth-order valence-corrected chi connectivity index (χ4v) is 4.37. The summed E-state index contributed by atoms with van der Waals surface area (Å²) in [6, 6.07) is 2.34. The van der Waals surface area contributed by atoms with Gasteiger partial charge in [0.25, 0.3) is 0 Å². The van der Waals surface area contributed by atoms with Crippen molar-refractivity contribution in [1.29, 1.82) is 0 Å². The third-order valence-electron chi connectivity index (χ3n) is 5.56. The molecule has 1 amide bonds. The maximum Gasteiger partial charge on any atom is 0.225 e. The predicted octanol–water partition coefficient (Wildman–Crippen LogP) is 1.01. The van der Waals surface area contributed by atoms with E-state index in [9.17, 15) is 4.79 Å². The van der Waals surface area contributed by atoms with Crippen molar-refractivity contribution in [2.75, 3.05) is 0 Å². The summed E-state index contributed by atoms with van der Waals surface area (Å²) in [4.78, 5) is 19.6. The molecule has 26 heavy (non-hydrogen) atoms. The van der Waals surface area contributed by atoms with Crippen LogP contribution in [0, 0.1) is 13.8 Å². The van der Waals surface area contributed by atoms with E-state index in [1.54, 1.807) is 4.68 Å². The molecule has 1 fully saturated rings. The minimum Gasteiger partial charge on any atom is -0.332 e. The molecule has 3 aromatic rings. The molecule has 0 radical (unpaired) electrons. The van der Waals surface area contributed by atoms with Crippen LogP contribution in [-0.2, 0) is 17.8 Å². The summed E-state index contributed by atoms with van der Waals surface area (Å²) in [7, 11) is 0. The molecule has 5 rings (SSSR count). The van der Waals surface area contributed by atoms with E-state index in [0.717, 1.165) is 42.0 Å². The van der Waals surface area contributed by atoms with Gasteiger partial charge in [-0.1, -0.05) is 0 Å². The lowest BCUT2D eigenvalue weighted by atomic mass is 9.98. The summed E-state index contributed by atoms with van der Waals surface area (Å²) in [6.45, 7) is 4.33. The smallest absolute Gasteiger partial charge is 0.225 e. The van der Waals surface area contributed by atoms with Gasteiger partial charge in [0.2, 0.25) is 5.91 Å². The van der Waals surface area contributed by atoms with E-state index in [1.165, 1.54) is 5.69 Å². The summed E-state index contributed by atoms with van der Waals surface area (Å²) in [5.74, 6) is 0.889. The first-order valence-electron chi connectivity index (χ1n) is 9.00. The van der Waals surface area contributed by atoms with Gasteiger partial charge in [0.05, 0.1) is 24.0 Å². The average molecular weight is 352 g/mol. The highest BCUT2D eigenvalue weighted by atomic mass is 16.2. The van der Waals surface area contributed by atoms with Crippen LogP contribution in [0.5, 0.6) is 0 Å². The number of carbonyl (C=O) groups excluding carboxylic acids is 1. The summed E-state index contributed by atoms with van der Waals surface area (Å²) in [6.07, 6.45) is 5.19. The first kappa shape index (κ1) is 15.4.